The normalized spacial score (nSPS) is 17.2. The van der Waals surface area contributed by atoms with Crippen molar-refractivity contribution >= 4 is 11.9 Å². The molecule has 104 valence electrons. The Morgan fingerprint density at radius 2 is 1.53 bits per heavy atom. The molecular weight excluding hydrogens is 230 g/mol. The van der Waals surface area contributed by atoms with Crippen LogP contribution in [0.1, 0.15) is 76.3 Å². The third-order valence-corrected chi connectivity index (χ3v) is 4.16. The molecule has 1 aromatic carbocycles. The molecule has 1 aliphatic rings. The standard InChI is InChI=1S/C18H27N/c1-13(2)16-10-7-11-17(14(3)4)18(16)19-12-15-8-5-6-9-15/h7,10-15H,5-6,8-9H2,1-4H3. The van der Waals surface area contributed by atoms with E-state index in [1.165, 1.54) is 42.5 Å². The molecule has 1 heteroatoms. The van der Waals surface area contributed by atoms with Gasteiger partial charge in [0, 0.05) is 6.21 Å². The molecule has 0 spiro atoms. The Kier molecular flexibility index (Phi) is 4.79. The molecule has 0 bridgehead atoms. The van der Waals surface area contributed by atoms with Gasteiger partial charge in [0.15, 0.2) is 0 Å². The Bertz CT molecular complexity index is 411. The lowest BCUT2D eigenvalue weighted by molar-refractivity contribution is 0.743. The van der Waals surface area contributed by atoms with Gasteiger partial charge in [-0.25, -0.2) is 0 Å². The van der Waals surface area contributed by atoms with E-state index in [1.54, 1.807) is 0 Å². The maximum Gasteiger partial charge on any atom is 0.0694 e. The van der Waals surface area contributed by atoms with E-state index in [0.29, 0.717) is 17.8 Å². The van der Waals surface area contributed by atoms with Crippen molar-refractivity contribution in [3.05, 3.63) is 29.3 Å². The number of nitrogens with zero attached hydrogens (tertiary/aromatic N) is 1. The van der Waals surface area contributed by atoms with Gasteiger partial charge in [0.05, 0.1) is 5.69 Å². The number of hydrogen-bond acceptors (Lipinski definition) is 1. The second-order valence-electron chi connectivity index (χ2n) is 6.42. The van der Waals surface area contributed by atoms with Gasteiger partial charge < -0.3 is 0 Å². The fourth-order valence-electron chi connectivity index (χ4n) is 2.95. The fourth-order valence-corrected chi connectivity index (χ4v) is 2.95. The Morgan fingerprint density at radius 1 is 1.00 bits per heavy atom. The number of benzene rings is 1. The molecule has 0 aliphatic heterocycles. The van der Waals surface area contributed by atoms with Gasteiger partial charge in [0.2, 0.25) is 0 Å². The lowest BCUT2D eigenvalue weighted by Gasteiger charge is -2.16. The molecule has 1 fully saturated rings. The second-order valence-corrected chi connectivity index (χ2v) is 6.42. The van der Waals surface area contributed by atoms with E-state index in [1.807, 2.05) is 0 Å². The van der Waals surface area contributed by atoms with E-state index in [2.05, 4.69) is 52.1 Å². The highest BCUT2D eigenvalue weighted by molar-refractivity contribution is 5.69. The van der Waals surface area contributed by atoms with Gasteiger partial charge in [-0.3, -0.25) is 4.99 Å². The molecule has 0 unspecified atom stereocenters. The van der Waals surface area contributed by atoms with Gasteiger partial charge in [-0.2, -0.15) is 0 Å². The molecule has 1 nitrogen and oxygen atoms in total. The third-order valence-electron chi connectivity index (χ3n) is 4.16. The van der Waals surface area contributed by atoms with Crippen LogP contribution in [0.5, 0.6) is 0 Å². The predicted octanol–water partition coefficient (Wildman–Crippen LogP) is 5.83. The first-order valence-corrected chi connectivity index (χ1v) is 7.76. The number of para-hydroxylation sites is 1. The molecule has 1 saturated carbocycles. The summed E-state index contributed by atoms with van der Waals surface area (Å²) in [5.41, 5.74) is 4.01. The summed E-state index contributed by atoms with van der Waals surface area (Å²) in [4.78, 5) is 4.91. The topological polar surface area (TPSA) is 12.4 Å². The lowest BCUT2D eigenvalue weighted by atomic mass is 9.93. The zero-order valence-electron chi connectivity index (χ0n) is 12.8. The van der Waals surface area contributed by atoms with Crippen LogP contribution in [-0.4, -0.2) is 6.21 Å². The maximum absolute atomic E-state index is 4.91. The highest BCUT2D eigenvalue weighted by Gasteiger charge is 2.15. The van der Waals surface area contributed by atoms with Gasteiger partial charge in [-0.15, -0.1) is 0 Å². The molecule has 0 saturated heterocycles. The molecule has 0 radical (unpaired) electrons. The summed E-state index contributed by atoms with van der Waals surface area (Å²) in [6, 6.07) is 6.65. The summed E-state index contributed by atoms with van der Waals surface area (Å²) in [5, 5.41) is 0. The molecule has 2 rings (SSSR count). The van der Waals surface area contributed by atoms with Crippen LogP contribution in [-0.2, 0) is 0 Å². The summed E-state index contributed by atoms with van der Waals surface area (Å²) in [6.07, 6.45) is 7.62. The predicted molar refractivity (Wildman–Crippen MR) is 84.7 cm³/mol. The lowest BCUT2D eigenvalue weighted by Crippen LogP contribution is -1.98. The van der Waals surface area contributed by atoms with Gasteiger partial charge in [-0.05, 0) is 41.7 Å². The molecular formula is C18H27N. The van der Waals surface area contributed by atoms with Crippen LogP contribution in [0.15, 0.2) is 23.2 Å². The zero-order valence-corrected chi connectivity index (χ0v) is 12.8. The van der Waals surface area contributed by atoms with Crippen molar-refractivity contribution in [2.45, 2.75) is 65.2 Å². The minimum Gasteiger partial charge on any atom is -0.260 e. The Balaban J connectivity index is 2.34. The monoisotopic (exact) mass is 257 g/mol. The van der Waals surface area contributed by atoms with Crippen LogP contribution in [0, 0.1) is 5.92 Å². The minimum absolute atomic E-state index is 0.537. The third kappa shape index (κ3) is 3.46. The first-order chi connectivity index (χ1) is 9.09. The van der Waals surface area contributed by atoms with Gasteiger partial charge in [-0.1, -0.05) is 58.7 Å². The van der Waals surface area contributed by atoms with Gasteiger partial charge >= 0.3 is 0 Å². The molecule has 0 N–H and O–H groups in total. The van der Waals surface area contributed by atoms with Crippen LogP contribution in [0.2, 0.25) is 0 Å². The first kappa shape index (κ1) is 14.3. The van der Waals surface area contributed by atoms with E-state index >= 15 is 0 Å². The van der Waals surface area contributed by atoms with Gasteiger partial charge in [0.1, 0.15) is 0 Å². The molecule has 0 atom stereocenters. The van der Waals surface area contributed by atoms with Gasteiger partial charge in [0.25, 0.3) is 0 Å². The molecule has 1 aliphatic carbocycles. The van der Waals surface area contributed by atoms with E-state index in [-0.39, 0.29) is 0 Å². The van der Waals surface area contributed by atoms with Crippen molar-refractivity contribution in [2.24, 2.45) is 10.9 Å². The number of aliphatic imine (C=N–C) groups is 1. The summed E-state index contributed by atoms with van der Waals surface area (Å²) in [6.45, 7) is 9.03. The van der Waals surface area contributed by atoms with E-state index < -0.39 is 0 Å². The van der Waals surface area contributed by atoms with Crippen molar-refractivity contribution in [2.75, 3.05) is 0 Å². The Hall–Kier alpha value is -1.11. The van der Waals surface area contributed by atoms with Crippen LogP contribution >= 0.6 is 0 Å². The maximum atomic E-state index is 4.91. The quantitative estimate of drug-likeness (QED) is 0.602. The van der Waals surface area contributed by atoms with Crippen molar-refractivity contribution in [3.8, 4) is 0 Å². The van der Waals surface area contributed by atoms with Crippen LogP contribution < -0.4 is 0 Å². The molecule has 0 amide bonds. The van der Waals surface area contributed by atoms with Crippen LogP contribution in [0.3, 0.4) is 0 Å². The summed E-state index contributed by atoms with van der Waals surface area (Å²) in [7, 11) is 0. The first-order valence-electron chi connectivity index (χ1n) is 7.76. The number of rotatable bonds is 4. The SMILES string of the molecule is CC(C)c1cccc(C(C)C)c1N=CC1CCCC1. The Labute approximate surface area is 118 Å². The molecule has 0 heterocycles. The minimum atomic E-state index is 0.537. The molecule has 1 aromatic rings. The average molecular weight is 257 g/mol. The highest BCUT2D eigenvalue weighted by Crippen LogP contribution is 2.35. The van der Waals surface area contributed by atoms with Crippen molar-refractivity contribution in [1.29, 1.82) is 0 Å². The molecule has 0 aromatic heterocycles. The zero-order chi connectivity index (χ0) is 13.8. The summed E-state index contributed by atoms with van der Waals surface area (Å²) in [5.74, 6) is 1.78. The van der Waals surface area contributed by atoms with Crippen molar-refractivity contribution in [3.63, 3.8) is 0 Å². The summed E-state index contributed by atoms with van der Waals surface area (Å²) < 4.78 is 0. The van der Waals surface area contributed by atoms with Crippen molar-refractivity contribution in [1.82, 2.24) is 0 Å². The summed E-state index contributed by atoms with van der Waals surface area (Å²) >= 11 is 0. The largest absolute Gasteiger partial charge is 0.260 e. The van der Waals surface area contributed by atoms with E-state index in [4.69, 9.17) is 4.99 Å². The fraction of sp³-hybridized carbons (Fsp3) is 0.611. The average Bonchev–Trinajstić information content (AvgIpc) is 2.88. The molecule has 19 heavy (non-hydrogen) atoms. The van der Waals surface area contributed by atoms with Crippen LogP contribution in [0.25, 0.3) is 0 Å². The number of hydrogen-bond donors (Lipinski definition) is 0. The van der Waals surface area contributed by atoms with E-state index in [0.717, 1.165) is 0 Å². The van der Waals surface area contributed by atoms with Crippen molar-refractivity contribution < 1.29 is 0 Å². The Morgan fingerprint density at radius 3 is 2.00 bits per heavy atom. The van der Waals surface area contributed by atoms with E-state index in [9.17, 15) is 0 Å². The van der Waals surface area contributed by atoms with Crippen LogP contribution in [0.4, 0.5) is 5.69 Å². The second kappa shape index (κ2) is 6.36. The smallest absolute Gasteiger partial charge is 0.0694 e. The highest BCUT2D eigenvalue weighted by atomic mass is 14.7.